The van der Waals surface area contributed by atoms with Crippen LogP contribution >= 0.6 is 0 Å². The molecule has 0 bridgehead atoms. The molecule has 7 nitrogen and oxygen atoms in total. The van der Waals surface area contributed by atoms with E-state index in [9.17, 15) is 4.79 Å². The molecule has 0 radical (unpaired) electrons. The summed E-state index contributed by atoms with van der Waals surface area (Å²) in [7, 11) is 0.646. The Morgan fingerprint density at radius 1 is 1.26 bits per heavy atom. The van der Waals surface area contributed by atoms with Gasteiger partial charge in [-0.1, -0.05) is 11.2 Å². The summed E-state index contributed by atoms with van der Waals surface area (Å²) < 4.78 is 16.8. The van der Waals surface area contributed by atoms with Gasteiger partial charge in [-0.15, -0.1) is 0 Å². The predicted molar refractivity (Wildman–Crippen MR) is 87.0 cm³/mol. The van der Waals surface area contributed by atoms with Crippen LogP contribution in [0.1, 0.15) is 43.6 Å². The van der Waals surface area contributed by atoms with E-state index < -0.39 is 24.3 Å². The van der Waals surface area contributed by atoms with Crippen LogP contribution in [0.15, 0.2) is 17.2 Å². The van der Waals surface area contributed by atoms with Gasteiger partial charge in [0.1, 0.15) is 0 Å². The Morgan fingerprint density at radius 2 is 1.83 bits per heavy atom. The molecule has 1 fully saturated rings. The Morgan fingerprint density at radius 3 is 2.30 bits per heavy atom. The molecule has 0 saturated carbocycles. The van der Waals surface area contributed by atoms with Gasteiger partial charge in [0.15, 0.2) is 0 Å². The van der Waals surface area contributed by atoms with Crippen molar-refractivity contribution >= 4 is 24.2 Å². The van der Waals surface area contributed by atoms with Crippen LogP contribution in [0.4, 0.5) is 5.69 Å². The largest absolute Gasteiger partial charge is 0.494 e. The normalized spacial score (nSPS) is 18.4. The van der Waals surface area contributed by atoms with Gasteiger partial charge >= 0.3 is 13.1 Å². The molecule has 1 heterocycles. The monoisotopic (exact) mass is 317 g/mol. The number of rotatable bonds is 3. The fourth-order valence-corrected chi connectivity index (χ4v) is 2.31. The number of carbonyl (C=O) groups is 1. The van der Waals surface area contributed by atoms with Crippen LogP contribution in [-0.2, 0) is 14.0 Å². The Labute approximate surface area is 135 Å². The van der Waals surface area contributed by atoms with E-state index in [0.29, 0.717) is 22.3 Å². The second-order valence-electron chi connectivity index (χ2n) is 6.48. The molecule has 0 aliphatic carbocycles. The maximum absolute atomic E-state index is 12.0. The maximum atomic E-state index is 12.0. The van der Waals surface area contributed by atoms with Crippen LogP contribution in [0.25, 0.3) is 10.4 Å². The predicted octanol–water partition coefficient (Wildman–Crippen LogP) is 3.02. The molecule has 0 spiro atoms. The first-order valence-corrected chi connectivity index (χ1v) is 7.26. The van der Waals surface area contributed by atoms with Crippen molar-refractivity contribution in [3.05, 3.63) is 33.7 Å². The fourth-order valence-electron chi connectivity index (χ4n) is 2.31. The summed E-state index contributed by atoms with van der Waals surface area (Å²) in [6, 6.07) is 3.32. The lowest BCUT2D eigenvalue weighted by Crippen LogP contribution is -2.41. The summed E-state index contributed by atoms with van der Waals surface area (Å²) in [5.41, 5.74) is 9.55. The van der Waals surface area contributed by atoms with E-state index in [2.05, 4.69) is 10.0 Å². The molecule has 23 heavy (non-hydrogen) atoms. The summed E-state index contributed by atoms with van der Waals surface area (Å²) in [4.78, 5) is 14.8. The van der Waals surface area contributed by atoms with Crippen molar-refractivity contribution in [1.82, 2.24) is 0 Å². The number of carbonyl (C=O) groups excluding carboxylic acids is 1. The Hall–Kier alpha value is -2.02. The first-order valence-electron chi connectivity index (χ1n) is 7.26. The topological polar surface area (TPSA) is 93.5 Å². The van der Waals surface area contributed by atoms with Gasteiger partial charge in [0.2, 0.25) is 0 Å². The molecule has 1 aromatic carbocycles. The van der Waals surface area contributed by atoms with Gasteiger partial charge in [-0.25, -0.2) is 4.79 Å². The fraction of sp³-hybridized carbons (Fsp3) is 0.533. The number of hydrogen-bond donors (Lipinski definition) is 0. The number of esters is 1. The zero-order valence-corrected chi connectivity index (χ0v) is 14.2. The molecular formula is C15H20BN3O4. The lowest BCUT2D eigenvalue weighted by Gasteiger charge is -2.32. The van der Waals surface area contributed by atoms with Gasteiger partial charge in [-0.05, 0) is 57.2 Å². The highest BCUT2D eigenvalue weighted by atomic mass is 16.7. The number of benzene rings is 1. The Bertz CT molecular complexity index is 680. The highest BCUT2D eigenvalue weighted by molar-refractivity contribution is 6.62. The molecule has 1 aromatic rings. The summed E-state index contributed by atoms with van der Waals surface area (Å²) in [6.07, 6.45) is 0. The van der Waals surface area contributed by atoms with E-state index in [-0.39, 0.29) is 0 Å². The number of ether oxygens (including phenoxy) is 1. The molecule has 0 unspecified atom stereocenters. The first-order chi connectivity index (χ1) is 10.6. The van der Waals surface area contributed by atoms with Crippen LogP contribution in [0.5, 0.6) is 0 Å². The average Bonchev–Trinajstić information content (AvgIpc) is 2.69. The molecule has 1 aliphatic heterocycles. The van der Waals surface area contributed by atoms with Gasteiger partial charge in [-0.3, -0.25) is 0 Å². The van der Waals surface area contributed by atoms with Crippen molar-refractivity contribution in [2.24, 2.45) is 5.11 Å². The van der Waals surface area contributed by atoms with E-state index in [4.69, 9.17) is 19.6 Å². The summed E-state index contributed by atoms with van der Waals surface area (Å²) >= 11 is 0. The van der Waals surface area contributed by atoms with Gasteiger partial charge in [-0.2, -0.15) is 0 Å². The van der Waals surface area contributed by atoms with Gasteiger partial charge in [0.05, 0.1) is 23.9 Å². The maximum Gasteiger partial charge on any atom is 0.494 e. The van der Waals surface area contributed by atoms with E-state index in [1.807, 2.05) is 27.7 Å². The molecule has 122 valence electrons. The number of methoxy groups -OCH3 is 1. The smallest absolute Gasteiger partial charge is 0.465 e. The van der Waals surface area contributed by atoms with E-state index >= 15 is 0 Å². The molecule has 0 amide bonds. The number of nitrogens with zero attached hydrogens (tertiary/aromatic N) is 3. The second kappa shape index (κ2) is 5.89. The highest BCUT2D eigenvalue weighted by Crippen LogP contribution is 2.37. The molecule has 1 aliphatic rings. The van der Waals surface area contributed by atoms with Crippen molar-refractivity contribution in [1.29, 1.82) is 0 Å². The molecule has 1 saturated heterocycles. The van der Waals surface area contributed by atoms with Crippen LogP contribution in [0, 0.1) is 6.92 Å². The minimum atomic E-state index is -0.656. The summed E-state index contributed by atoms with van der Waals surface area (Å²) in [5.74, 6) is -0.504. The second-order valence-corrected chi connectivity index (χ2v) is 6.48. The zero-order chi connectivity index (χ0) is 17.4. The van der Waals surface area contributed by atoms with Gasteiger partial charge in [0.25, 0.3) is 0 Å². The quantitative estimate of drug-likeness (QED) is 0.281. The lowest BCUT2D eigenvalue weighted by atomic mass is 9.77. The Balaban J connectivity index is 2.54. The van der Waals surface area contributed by atoms with E-state index in [0.717, 1.165) is 0 Å². The molecule has 2 rings (SSSR count). The molecule has 8 heteroatoms. The zero-order valence-electron chi connectivity index (χ0n) is 14.2. The number of hydrogen-bond acceptors (Lipinski definition) is 5. The van der Waals surface area contributed by atoms with Crippen LogP contribution in [0.3, 0.4) is 0 Å². The van der Waals surface area contributed by atoms with Gasteiger partial charge in [0, 0.05) is 10.6 Å². The van der Waals surface area contributed by atoms with Crippen molar-refractivity contribution in [3.63, 3.8) is 0 Å². The van der Waals surface area contributed by atoms with Crippen molar-refractivity contribution in [3.8, 4) is 0 Å². The lowest BCUT2D eigenvalue weighted by molar-refractivity contribution is 0.00578. The third-order valence-electron chi connectivity index (χ3n) is 4.49. The van der Waals surface area contributed by atoms with Crippen molar-refractivity contribution < 1.29 is 18.8 Å². The summed E-state index contributed by atoms with van der Waals surface area (Å²) in [5, 5.41) is 3.65. The van der Waals surface area contributed by atoms with E-state index in [1.165, 1.54) is 7.11 Å². The third-order valence-corrected chi connectivity index (χ3v) is 4.49. The van der Waals surface area contributed by atoms with Crippen molar-refractivity contribution in [2.75, 3.05) is 7.11 Å². The summed E-state index contributed by atoms with van der Waals surface area (Å²) in [6.45, 7) is 9.46. The minimum absolute atomic E-state index is 0.321. The van der Waals surface area contributed by atoms with Crippen LogP contribution in [-0.4, -0.2) is 31.4 Å². The Kier molecular flexibility index (Phi) is 4.44. The average molecular weight is 317 g/mol. The standard InChI is InChI=1S/C15H20BN3O4/c1-9-11(13(20)21-6)7-10(8-12(9)18-19-17)16-22-14(2,3)15(4,5)23-16/h7-8H,1-6H3. The highest BCUT2D eigenvalue weighted by Gasteiger charge is 2.51. The minimum Gasteiger partial charge on any atom is -0.465 e. The number of azide groups is 1. The molecule has 0 aromatic heterocycles. The molecule has 0 N–H and O–H groups in total. The third kappa shape index (κ3) is 3.06. The molecule has 0 atom stereocenters. The van der Waals surface area contributed by atoms with Crippen LogP contribution < -0.4 is 5.46 Å². The van der Waals surface area contributed by atoms with E-state index in [1.54, 1.807) is 19.1 Å². The molecular weight excluding hydrogens is 297 g/mol. The van der Waals surface area contributed by atoms with Crippen molar-refractivity contribution in [2.45, 2.75) is 45.8 Å². The SMILES string of the molecule is COC(=O)c1cc(B2OC(C)(C)C(C)(C)O2)cc(N=[N+]=[N-])c1C. The van der Waals surface area contributed by atoms with Crippen LogP contribution in [0.2, 0.25) is 0 Å². The first kappa shape index (κ1) is 17.3. The van der Waals surface area contributed by atoms with Gasteiger partial charge < -0.3 is 14.0 Å².